The van der Waals surface area contributed by atoms with E-state index in [9.17, 15) is 0 Å². The van der Waals surface area contributed by atoms with Gasteiger partial charge in [0.25, 0.3) is 0 Å². The molecule has 154 valence electrons. The first-order chi connectivity index (χ1) is 12.6. The number of rotatable bonds is 16. The molecule has 0 spiro atoms. The summed E-state index contributed by atoms with van der Waals surface area (Å²) in [5.41, 5.74) is 0. The molecular weight excluding hydrogens is 312 g/mol. The van der Waals surface area contributed by atoms with E-state index in [1.165, 1.54) is 77.0 Å². The molecule has 2 aliphatic carbocycles. The van der Waals surface area contributed by atoms with Crippen molar-refractivity contribution in [2.45, 2.75) is 130 Å². The third-order valence-electron chi connectivity index (χ3n) is 7.54. The fourth-order valence-corrected chi connectivity index (χ4v) is 5.46. The van der Waals surface area contributed by atoms with Crippen LogP contribution in [0, 0.1) is 35.5 Å². The zero-order valence-corrected chi connectivity index (χ0v) is 18.8. The molecule has 0 N–H and O–H groups in total. The van der Waals surface area contributed by atoms with Gasteiger partial charge in [0.05, 0.1) is 0 Å². The average molecular weight is 363 g/mol. The van der Waals surface area contributed by atoms with Crippen molar-refractivity contribution in [3.63, 3.8) is 0 Å². The molecule has 2 atom stereocenters. The molecule has 2 unspecified atom stereocenters. The highest BCUT2D eigenvalue weighted by Gasteiger charge is 2.30. The van der Waals surface area contributed by atoms with E-state index in [1.807, 2.05) is 0 Å². The van der Waals surface area contributed by atoms with Crippen LogP contribution in [0.1, 0.15) is 130 Å². The number of hydrogen-bond acceptors (Lipinski definition) is 0. The minimum atomic E-state index is 0.906. The summed E-state index contributed by atoms with van der Waals surface area (Å²) in [6, 6.07) is 0. The van der Waals surface area contributed by atoms with Gasteiger partial charge in [0, 0.05) is 0 Å². The molecule has 2 fully saturated rings. The van der Waals surface area contributed by atoms with Crippen LogP contribution in [0.25, 0.3) is 0 Å². The summed E-state index contributed by atoms with van der Waals surface area (Å²) in [7, 11) is 0. The summed E-state index contributed by atoms with van der Waals surface area (Å²) in [6.45, 7) is 9.70. The summed E-state index contributed by atoms with van der Waals surface area (Å²) in [5, 5.41) is 0. The van der Waals surface area contributed by atoms with Crippen molar-refractivity contribution in [1.29, 1.82) is 0 Å². The fraction of sp³-hybridized carbons (Fsp3) is 1.00. The molecule has 0 aromatic heterocycles. The van der Waals surface area contributed by atoms with Crippen LogP contribution in [0.3, 0.4) is 0 Å². The van der Waals surface area contributed by atoms with Crippen molar-refractivity contribution in [3.05, 3.63) is 0 Å². The van der Waals surface area contributed by atoms with Crippen molar-refractivity contribution in [3.8, 4) is 0 Å². The van der Waals surface area contributed by atoms with Crippen LogP contribution >= 0.6 is 0 Å². The lowest BCUT2D eigenvalue weighted by molar-refractivity contribution is 0.138. The zero-order valence-electron chi connectivity index (χ0n) is 18.8. The second-order valence-electron chi connectivity index (χ2n) is 10.7. The van der Waals surface area contributed by atoms with Crippen LogP contribution in [0.2, 0.25) is 0 Å². The Morgan fingerprint density at radius 2 is 1.35 bits per heavy atom. The third-order valence-corrected chi connectivity index (χ3v) is 7.54. The lowest BCUT2D eigenvalue weighted by Crippen LogP contribution is -2.26. The van der Waals surface area contributed by atoms with Crippen molar-refractivity contribution < 1.29 is 0 Å². The van der Waals surface area contributed by atoms with E-state index >= 15 is 0 Å². The minimum absolute atomic E-state index is 0.906. The van der Waals surface area contributed by atoms with Gasteiger partial charge in [-0.15, -0.1) is 0 Å². The molecule has 0 heteroatoms. The lowest BCUT2D eigenvalue weighted by Gasteiger charge is -2.38. The molecule has 0 nitrogen and oxygen atoms in total. The first-order valence-electron chi connectivity index (χ1n) is 12.6. The number of hydrogen-bond donors (Lipinski definition) is 0. The predicted octanol–water partition coefficient (Wildman–Crippen LogP) is 9.03. The van der Waals surface area contributed by atoms with Gasteiger partial charge in [-0.25, -0.2) is 0 Å². The number of unbranched alkanes of at least 4 members (excludes halogenated alkanes) is 5. The second kappa shape index (κ2) is 12.5. The van der Waals surface area contributed by atoms with Crippen LogP contribution in [0.4, 0.5) is 0 Å². The summed E-state index contributed by atoms with van der Waals surface area (Å²) in [4.78, 5) is 0. The van der Waals surface area contributed by atoms with Crippen LogP contribution < -0.4 is 0 Å². The monoisotopic (exact) mass is 362 g/mol. The summed E-state index contributed by atoms with van der Waals surface area (Å²) < 4.78 is 0. The topological polar surface area (TPSA) is 0 Å². The highest BCUT2D eigenvalue weighted by atomic mass is 14.4. The second-order valence-corrected chi connectivity index (χ2v) is 10.7. The maximum atomic E-state index is 2.59. The van der Waals surface area contributed by atoms with Gasteiger partial charge in [-0.05, 0) is 61.2 Å². The van der Waals surface area contributed by atoms with Gasteiger partial charge in [-0.1, -0.05) is 105 Å². The molecule has 0 aliphatic heterocycles. The standard InChI is InChI=1S/C26H50/c1-5-6-7-8-9-10-11-26(22(4)12-13-23-14-15-23)17-16-24-19-25(20-24)18-21(2)3/h21-26H,5-20H2,1-4H3. The summed E-state index contributed by atoms with van der Waals surface area (Å²) >= 11 is 0. The predicted molar refractivity (Wildman–Crippen MR) is 118 cm³/mol. The first-order valence-corrected chi connectivity index (χ1v) is 12.6. The van der Waals surface area contributed by atoms with Gasteiger partial charge in [0.15, 0.2) is 0 Å². The maximum absolute atomic E-state index is 2.59. The van der Waals surface area contributed by atoms with Gasteiger partial charge in [-0.2, -0.15) is 0 Å². The molecule has 2 aliphatic rings. The van der Waals surface area contributed by atoms with Crippen LogP contribution in [-0.2, 0) is 0 Å². The summed E-state index contributed by atoms with van der Waals surface area (Å²) in [6.07, 6.45) is 24.1. The van der Waals surface area contributed by atoms with E-state index in [0.29, 0.717) is 0 Å². The molecule has 2 saturated carbocycles. The minimum Gasteiger partial charge on any atom is -0.0654 e. The molecular formula is C26H50. The first kappa shape index (κ1) is 22.3. The molecule has 0 saturated heterocycles. The van der Waals surface area contributed by atoms with Crippen LogP contribution in [0.5, 0.6) is 0 Å². The molecule has 0 radical (unpaired) electrons. The van der Waals surface area contributed by atoms with Crippen molar-refractivity contribution in [2.75, 3.05) is 0 Å². The van der Waals surface area contributed by atoms with Gasteiger partial charge in [0.2, 0.25) is 0 Å². The smallest absolute Gasteiger partial charge is 0.0388 e. The van der Waals surface area contributed by atoms with Gasteiger partial charge in [0.1, 0.15) is 0 Å². The van der Waals surface area contributed by atoms with Gasteiger partial charge < -0.3 is 0 Å². The Hall–Kier alpha value is 0. The van der Waals surface area contributed by atoms with Crippen LogP contribution in [0.15, 0.2) is 0 Å². The highest BCUT2D eigenvalue weighted by Crippen LogP contribution is 2.43. The Morgan fingerprint density at radius 1 is 0.692 bits per heavy atom. The normalized spacial score (nSPS) is 25.3. The lowest BCUT2D eigenvalue weighted by atomic mass is 9.68. The molecule has 26 heavy (non-hydrogen) atoms. The summed E-state index contributed by atoms with van der Waals surface area (Å²) in [5.74, 6) is 6.20. The third kappa shape index (κ3) is 9.27. The molecule has 0 aromatic carbocycles. The molecule has 2 rings (SSSR count). The Morgan fingerprint density at radius 3 is 2.00 bits per heavy atom. The largest absolute Gasteiger partial charge is 0.0654 e. The maximum Gasteiger partial charge on any atom is -0.0388 e. The Labute approximate surface area is 166 Å². The molecule has 0 heterocycles. The molecule has 0 amide bonds. The van der Waals surface area contributed by atoms with E-state index in [0.717, 1.165) is 35.5 Å². The van der Waals surface area contributed by atoms with Crippen LogP contribution in [-0.4, -0.2) is 0 Å². The van der Waals surface area contributed by atoms with E-state index in [2.05, 4.69) is 27.7 Å². The van der Waals surface area contributed by atoms with E-state index < -0.39 is 0 Å². The quantitative estimate of drug-likeness (QED) is 0.240. The fourth-order valence-electron chi connectivity index (χ4n) is 5.46. The molecule has 0 bridgehead atoms. The van der Waals surface area contributed by atoms with Gasteiger partial charge in [-0.3, -0.25) is 0 Å². The van der Waals surface area contributed by atoms with E-state index in [1.54, 1.807) is 25.7 Å². The zero-order chi connectivity index (χ0) is 18.8. The van der Waals surface area contributed by atoms with Crippen molar-refractivity contribution in [2.24, 2.45) is 35.5 Å². The average Bonchev–Trinajstić information content (AvgIpc) is 3.39. The Balaban J connectivity index is 1.62. The van der Waals surface area contributed by atoms with E-state index in [-0.39, 0.29) is 0 Å². The molecule has 0 aromatic rings. The van der Waals surface area contributed by atoms with Crippen molar-refractivity contribution in [1.82, 2.24) is 0 Å². The Kier molecular flexibility index (Phi) is 10.7. The SMILES string of the molecule is CCCCCCCCC(CCC1CC(CC(C)C)C1)C(C)CCC1CC1. The highest BCUT2D eigenvalue weighted by molar-refractivity contribution is 4.82. The van der Waals surface area contributed by atoms with Crippen molar-refractivity contribution >= 4 is 0 Å². The Bertz CT molecular complexity index is 334. The van der Waals surface area contributed by atoms with E-state index in [4.69, 9.17) is 0 Å². The van der Waals surface area contributed by atoms with Gasteiger partial charge >= 0.3 is 0 Å².